The molecule has 2 rings (SSSR count). The van der Waals surface area contributed by atoms with Crippen LogP contribution >= 0.6 is 11.6 Å². The van der Waals surface area contributed by atoms with Crippen LogP contribution in [-0.4, -0.2) is 26.1 Å². The first-order valence-corrected chi connectivity index (χ1v) is 6.81. The van der Waals surface area contributed by atoms with Gasteiger partial charge in [-0.1, -0.05) is 18.5 Å². The minimum atomic E-state index is 0.159. The van der Waals surface area contributed by atoms with Gasteiger partial charge in [0.2, 0.25) is 0 Å². The van der Waals surface area contributed by atoms with Crippen LogP contribution < -0.4 is 5.32 Å². The van der Waals surface area contributed by atoms with Gasteiger partial charge >= 0.3 is 0 Å². The molecule has 1 unspecified atom stereocenters. The van der Waals surface area contributed by atoms with Gasteiger partial charge in [0.25, 0.3) is 0 Å². The van der Waals surface area contributed by atoms with Crippen molar-refractivity contribution in [2.24, 2.45) is 14.1 Å². The third-order valence-electron chi connectivity index (χ3n) is 3.22. The fourth-order valence-corrected chi connectivity index (χ4v) is 2.51. The van der Waals surface area contributed by atoms with Crippen molar-refractivity contribution in [3.63, 3.8) is 0 Å². The molecule has 0 saturated carbocycles. The van der Waals surface area contributed by atoms with E-state index in [9.17, 15) is 0 Å². The lowest BCUT2D eigenvalue weighted by molar-refractivity contribution is 0.527. The van der Waals surface area contributed by atoms with Crippen LogP contribution in [0.1, 0.15) is 29.9 Å². The molecular weight excluding hydrogens is 262 g/mol. The number of nitrogens with one attached hydrogen (secondary N) is 1. The number of rotatable bonds is 5. The van der Waals surface area contributed by atoms with Crippen molar-refractivity contribution in [3.05, 3.63) is 34.4 Å². The summed E-state index contributed by atoms with van der Waals surface area (Å²) in [6, 6.07) is 2.19. The molecule has 0 spiro atoms. The van der Waals surface area contributed by atoms with Crippen molar-refractivity contribution in [1.29, 1.82) is 0 Å². The molecule has 6 heteroatoms. The molecule has 0 fully saturated rings. The maximum absolute atomic E-state index is 6.30. The molecule has 104 valence electrons. The van der Waals surface area contributed by atoms with Crippen LogP contribution in [-0.2, 0) is 20.5 Å². The second-order valence-electron chi connectivity index (χ2n) is 4.71. The Labute approximate surface area is 118 Å². The Bertz CT molecular complexity index is 557. The third-order valence-corrected chi connectivity index (χ3v) is 3.69. The van der Waals surface area contributed by atoms with Gasteiger partial charge in [-0.2, -0.15) is 10.2 Å². The van der Waals surface area contributed by atoms with Crippen LogP contribution in [0.25, 0.3) is 0 Å². The van der Waals surface area contributed by atoms with Gasteiger partial charge in [0.05, 0.1) is 17.4 Å². The molecule has 1 atom stereocenters. The summed E-state index contributed by atoms with van der Waals surface area (Å²) in [4.78, 5) is 0. The first kappa shape index (κ1) is 14.1. The molecule has 5 nitrogen and oxygen atoms in total. The fourth-order valence-electron chi connectivity index (χ4n) is 2.26. The lowest BCUT2D eigenvalue weighted by atomic mass is 10.0. The zero-order valence-electron chi connectivity index (χ0n) is 11.8. The molecule has 0 bridgehead atoms. The molecule has 2 aromatic rings. The van der Waals surface area contributed by atoms with E-state index in [1.54, 1.807) is 4.68 Å². The summed E-state index contributed by atoms with van der Waals surface area (Å²) in [5.74, 6) is 0. The maximum atomic E-state index is 6.30. The summed E-state index contributed by atoms with van der Waals surface area (Å²) in [5, 5.41) is 13.0. The first-order chi connectivity index (χ1) is 9.02. The summed E-state index contributed by atoms with van der Waals surface area (Å²) < 4.78 is 3.53. The molecular formula is C13H20ClN5. The van der Waals surface area contributed by atoms with Gasteiger partial charge < -0.3 is 5.32 Å². The van der Waals surface area contributed by atoms with Gasteiger partial charge in [-0.25, -0.2) is 0 Å². The Morgan fingerprint density at radius 2 is 2.11 bits per heavy atom. The predicted molar refractivity (Wildman–Crippen MR) is 76.3 cm³/mol. The van der Waals surface area contributed by atoms with Gasteiger partial charge in [-0.15, -0.1) is 0 Å². The van der Waals surface area contributed by atoms with E-state index in [1.807, 2.05) is 38.0 Å². The molecule has 2 heterocycles. The van der Waals surface area contributed by atoms with E-state index in [4.69, 9.17) is 11.6 Å². The molecule has 0 aliphatic heterocycles. The summed E-state index contributed by atoms with van der Waals surface area (Å²) >= 11 is 6.30. The zero-order chi connectivity index (χ0) is 14.0. The maximum Gasteiger partial charge on any atom is 0.130 e. The van der Waals surface area contributed by atoms with Crippen molar-refractivity contribution >= 4 is 11.6 Å². The molecule has 0 radical (unpaired) electrons. The average molecular weight is 282 g/mol. The van der Waals surface area contributed by atoms with Gasteiger partial charge in [-0.3, -0.25) is 9.36 Å². The second kappa shape index (κ2) is 5.75. The van der Waals surface area contributed by atoms with E-state index < -0.39 is 0 Å². The molecule has 19 heavy (non-hydrogen) atoms. The average Bonchev–Trinajstić information content (AvgIpc) is 2.88. The Kier molecular flexibility index (Phi) is 4.27. The first-order valence-electron chi connectivity index (χ1n) is 6.43. The number of halogens is 1. The zero-order valence-corrected chi connectivity index (χ0v) is 12.6. The third kappa shape index (κ3) is 2.98. The number of likely N-dealkylation sites (N-methyl/N-ethyl adjacent to an activating group) is 1. The van der Waals surface area contributed by atoms with Crippen molar-refractivity contribution < 1.29 is 0 Å². The van der Waals surface area contributed by atoms with Crippen molar-refractivity contribution in [2.45, 2.75) is 26.3 Å². The monoisotopic (exact) mass is 281 g/mol. The second-order valence-corrected chi connectivity index (χ2v) is 5.07. The highest BCUT2D eigenvalue weighted by Gasteiger charge is 2.19. The van der Waals surface area contributed by atoms with E-state index in [2.05, 4.69) is 22.4 Å². The van der Waals surface area contributed by atoms with E-state index in [0.29, 0.717) is 5.15 Å². The lowest BCUT2D eigenvalue weighted by Gasteiger charge is -2.15. The van der Waals surface area contributed by atoms with Crippen LogP contribution in [0, 0.1) is 6.92 Å². The van der Waals surface area contributed by atoms with Gasteiger partial charge in [0.1, 0.15) is 5.15 Å². The number of hydrogen-bond donors (Lipinski definition) is 1. The minimum absolute atomic E-state index is 0.159. The van der Waals surface area contributed by atoms with Gasteiger partial charge in [0.15, 0.2) is 0 Å². The number of hydrogen-bond acceptors (Lipinski definition) is 3. The highest BCUT2D eigenvalue weighted by atomic mass is 35.5. The SMILES string of the molecule is CCNC(Cc1c(C)nn(C)c1Cl)c1ccn(C)n1. The molecule has 0 aliphatic carbocycles. The summed E-state index contributed by atoms with van der Waals surface area (Å²) in [7, 11) is 3.79. The van der Waals surface area contributed by atoms with Crippen LogP contribution in [0.5, 0.6) is 0 Å². The molecule has 0 aromatic carbocycles. The molecule has 0 saturated heterocycles. The molecule has 0 aliphatic rings. The number of aryl methyl sites for hydroxylation is 3. The van der Waals surface area contributed by atoms with Crippen LogP contribution in [0.4, 0.5) is 0 Å². The topological polar surface area (TPSA) is 47.7 Å². The Morgan fingerprint density at radius 1 is 1.37 bits per heavy atom. The van der Waals surface area contributed by atoms with Gasteiger partial charge in [-0.05, 0) is 26.0 Å². The smallest absolute Gasteiger partial charge is 0.130 e. The highest BCUT2D eigenvalue weighted by Crippen LogP contribution is 2.25. The standard InChI is InChI=1S/C13H20ClN5/c1-5-15-12(11-6-7-18(3)17-11)8-10-9(2)16-19(4)13(10)14/h6-7,12,15H,5,8H2,1-4H3. The summed E-state index contributed by atoms with van der Waals surface area (Å²) in [6.07, 6.45) is 2.75. The van der Waals surface area contributed by atoms with Crippen molar-refractivity contribution in [3.8, 4) is 0 Å². The predicted octanol–water partition coefficient (Wildman–Crippen LogP) is 2.01. The van der Waals surface area contributed by atoms with E-state index >= 15 is 0 Å². The lowest BCUT2D eigenvalue weighted by Crippen LogP contribution is -2.23. The quantitative estimate of drug-likeness (QED) is 0.912. The Balaban J connectivity index is 2.26. The van der Waals surface area contributed by atoms with E-state index in [0.717, 1.165) is 29.9 Å². The Morgan fingerprint density at radius 3 is 2.58 bits per heavy atom. The van der Waals surface area contributed by atoms with Crippen LogP contribution in [0.2, 0.25) is 5.15 Å². The Hall–Kier alpha value is -1.33. The molecule has 1 N–H and O–H groups in total. The molecule has 0 amide bonds. The molecule has 2 aromatic heterocycles. The van der Waals surface area contributed by atoms with Crippen molar-refractivity contribution in [2.75, 3.05) is 6.54 Å². The number of aromatic nitrogens is 4. The van der Waals surface area contributed by atoms with Crippen LogP contribution in [0.15, 0.2) is 12.3 Å². The number of nitrogens with zero attached hydrogens (tertiary/aromatic N) is 4. The largest absolute Gasteiger partial charge is 0.309 e. The van der Waals surface area contributed by atoms with Gasteiger partial charge in [0, 0.05) is 25.9 Å². The van der Waals surface area contributed by atoms with E-state index in [-0.39, 0.29) is 6.04 Å². The highest BCUT2D eigenvalue weighted by molar-refractivity contribution is 6.30. The summed E-state index contributed by atoms with van der Waals surface area (Å²) in [5.41, 5.74) is 3.09. The van der Waals surface area contributed by atoms with Crippen LogP contribution in [0.3, 0.4) is 0 Å². The summed E-state index contributed by atoms with van der Waals surface area (Å²) in [6.45, 7) is 4.97. The van der Waals surface area contributed by atoms with Crippen molar-refractivity contribution in [1.82, 2.24) is 24.9 Å². The fraction of sp³-hybridized carbons (Fsp3) is 0.538. The minimum Gasteiger partial charge on any atom is -0.309 e. The normalized spacial score (nSPS) is 12.9. The van der Waals surface area contributed by atoms with E-state index in [1.165, 1.54) is 0 Å².